The number of carboxylic acid groups (broad SMARTS) is 1. The Hall–Kier alpha value is -2.91. The molecule has 1 fully saturated rings. The molecule has 0 saturated carbocycles. The number of rotatable bonds is 11. The van der Waals surface area contributed by atoms with Crippen molar-refractivity contribution >= 4 is 17.6 Å². The van der Waals surface area contributed by atoms with Crippen LogP contribution in [0, 0.1) is 17.7 Å². The summed E-state index contributed by atoms with van der Waals surface area (Å²) >= 11 is 6.01. The number of benzene rings is 2. The quantitative estimate of drug-likeness (QED) is 0.378. The van der Waals surface area contributed by atoms with E-state index in [0.717, 1.165) is 11.3 Å². The zero-order valence-electron chi connectivity index (χ0n) is 18.9. The van der Waals surface area contributed by atoms with Crippen LogP contribution >= 0.6 is 11.6 Å². The van der Waals surface area contributed by atoms with Gasteiger partial charge in [0.05, 0.1) is 30.9 Å². The lowest BCUT2D eigenvalue weighted by molar-refractivity contribution is -0.153. The Kier molecular flexibility index (Phi) is 7.76. The lowest BCUT2D eigenvalue weighted by atomic mass is 9.85. The summed E-state index contributed by atoms with van der Waals surface area (Å²) in [6.07, 6.45) is 3.84. The van der Waals surface area contributed by atoms with Crippen molar-refractivity contribution in [3.05, 3.63) is 70.8 Å². The molecule has 35 heavy (non-hydrogen) atoms. The lowest BCUT2D eigenvalue weighted by Crippen LogP contribution is -2.57. The largest absolute Gasteiger partial charge is 0.481 e. The number of alkyl halides is 2. The van der Waals surface area contributed by atoms with Gasteiger partial charge in [0.15, 0.2) is 0 Å². The highest BCUT2D eigenvalue weighted by Gasteiger charge is 2.45. The number of hydrogen-bond acceptors (Lipinski definition) is 4. The third-order valence-corrected chi connectivity index (χ3v) is 6.58. The number of aromatic nitrogens is 3. The van der Waals surface area contributed by atoms with Gasteiger partial charge >= 0.3 is 5.97 Å². The molecule has 0 bridgehead atoms. The van der Waals surface area contributed by atoms with Crippen LogP contribution in [0.5, 0.6) is 0 Å². The van der Waals surface area contributed by atoms with Gasteiger partial charge in [0, 0.05) is 17.1 Å². The minimum absolute atomic E-state index is 0.0247. The monoisotopic (exact) mass is 506 g/mol. The van der Waals surface area contributed by atoms with Crippen LogP contribution in [0.2, 0.25) is 5.02 Å². The van der Waals surface area contributed by atoms with E-state index in [2.05, 4.69) is 15.4 Å². The first-order valence-corrected chi connectivity index (χ1v) is 11.8. The van der Waals surface area contributed by atoms with Gasteiger partial charge in [-0.15, -0.1) is 0 Å². The Morgan fingerprint density at radius 3 is 2.57 bits per heavy atom. The number of H-pyrrole nitrogens is 1. The molecule has 3 aromatic rings. The molecule has 6 nitrogen and oxygen atoms in total. The van der Waals surface area contributed by atoms with E-state index in [1.165, 1.54) is 17.0 Å². The first-order chi connectivity index (χ1) is 16.7. The Labute approximate surface area is 206 Å². The highest BCUT2D eigenvalue weighted by atomic mass is 35.5. The van der Waals surface area contributed by atoms with Crippen molar-refractivity contribution in [3.63, 3.8) is 0 Å². The number of nitrogens with zero attached hydrogens (tertiary/aromatic N) is 3. The normalized spacial score (nSPS) is 17.0. The van der Waals surface area contributed by atoms with Crippen LogP contribution in [0.4, 0.5) is 13.2 Å². The lowest BCUT2D eigenvalue weighted by Gasteiger charge is -2.40. The van der Waals surface area contributed by atoms with Crippen LogP contribution in [0.15, 0.2) is 48.7 Å². The maximum Gasteiger partial charge on any atom is 0.307 e. The highest BCUT2D eigenvalue weighted by Crippen LogP contribution is 2.31. The number of likely N-dealkylation sites (tertiary alicyclic amines) is 1. The highest BCUT2D eigenvalue weighted by molar-refractivity contribution is 6.30. The maximum atomic E-state index is 14.2. The van der Waals surface area contributed by atoms with Gasteiger partial charge in [-0.05, 0) is 60.9 Å². The first kappa shape index (κ1) is 25.2. The van der Waals surface area contributed by atoms with Crippen molar-refractivity contribution in [2.45, 2.75) is 31.6 Å². The zero-order valence-corrected chi connectivity index (χ0v) is 19.7. The summed E-state index contributed by atoms with van der Waals surface area (Å²) in [6.45, 7) is -0.706. The van der Waals surface area contributed by atoms with Gasteiger partial charge in [0.25, 0.3) is 5.92 Å². The van der Waals surface area contributed by atoms with Crippen molar-refractivity contribution in [1.82, 2.24) is 20.3 Å². The summed E-state index contributed by atoms with van der Waals surface area (Å²) in [5.74, 6) is -4.87. The van der Waals surface area contributed by atoms with E-state index in [1.54, 1.807) is 12.3 Å². The van der Waals surface area contributed by atoms with E-state index in [1.807, 2.05) is 24.3 Å². The maximum absolute atomic E-state index is 14.2. The van der Waals surface area contributed by atoms with Gasteiger partial charge in [-0.1, -0.05) is 35.9 Å². The van der Waals surface area contributed by atoms with E-state index >= 15 is 0 Å². The fourth-order valence-corrected chi connectivity index (χ4v) is 4.75. The molecule has 0 spiro atoms. The van der Waals surface area contributed by atoms with Gasteiger partial charge in [-0.3, -0.25) is 9.69 Å². The average Bonchev–Trinajstić information content (AvgIpc) is 3.31. The third kappa shape index (κ3) is 6.82. The molecule has 1 aliphatic rings. The van der Waals surface area contributed by atoms with Crippen LogP contribution in [0.25, 0.3) is 11.1 Å². The van der Waals surface area contributed by atoms with Crippen LogP contribution in [0.3, 0.4) is 0 Å². The van der Waals surface area contributed by atoms with E-state index in [4.69, 9.17) is 11.6 Å². The van der Waals surface area contributed by atoms with Crippen molar-refractivity contribution in [2.75, 3.05) is 19.6 Å². The van der Waals surface area contributed by atoms with Gasteiger partial charge in [-0.2, -0.15) is 15.4 Å². The standard InChI is InChI=1S/C25H26ClF3N4O2/c26-20-6-8-23(27)22(11-20)18-4-1-16(2-5-18)9-17(3-7-21-12-30-32-31-21)10-19(24(34)35)13-33-14-25(28,29)15-33/h1-2,4-6,8,11-12,17,19H,3,7,9-10,13-15H2,(H,34,35)(H,30,31,32)/t17-,19+/m1/s1. The third-order valence-electron chi connectivity index (χ3n) is 6.35. The van der Waals surface area contributed by atoms with E-state index in [0.29, 0.717) is 41.8 Å². The molecule has 0 amide bonds. The second-order valence-corrected chi connectivity index (χ2v) is 9.62. The number of carboxylic acids is 1. The Balaban J connectivity index is 1.46. The topological polar surface area (TPSA) is 82.1 Å². The van der Waals surface area contributed by atoms with Crippen LogP contribution < -0.4 is 0 Å². The van der Waals surface area contributed by atoms with Crippen LogP contribution in [-0.4, -0.2) is 56.9 Å². The fraction of sp³-hybridized carbons (Fsp3) is 0.400. The molecule has 1 saturated heterocycles. The molecule has 2 atom stereocenters. The predicted octanol–water partition coefficient (Wildman–Crippen LogP) is 5.10. The van der Waals surface area contributed by atoms with Gasteiger partial charge in [0.1, 0.15) is 5.82 Å². The second kappa shape index (κ2) is 10.8. The molecule has 0 unspecified atom stereocenters. The Morgan fingerprint density at radius 1 is 1.20 bits per heavy atom. The molecule has 1 aromatic heterocycles. The summed E-state index contributed by atoms with van der Waals surface area (Å²) in [6, 6.07) is 11.8. The zero-order chi connectivity index (χ0) is 25.0. The molecule has 10 heteroatoms. The predicted molar refractivity (Wildman–Crippen MR) is 126 cm³/mol. The van der Waals surface area contributed by atoms with E-state index in [9.17, 15) is 23.1 Å². The summed E-state index contributed by atoms with van der Waals surface area (Å²) < 4.78 is 40.7. The number of aryl methyl sites for hydroxylation is 1. The van der Waals surface area contributed by atoms with Gasteiger partial charge in [0.2, 0.25) is 0 Å². The smallest absolute Gasteiger partial charge is 0.307 e. The molecule has 2 N–H and O–H groups in total. The molecule has 0 aliphatic carbocycles. The number of nitrogens with one attached hydrogen (secondary N) is 1. The van der Waals surface area contributed by atoms with Crippen LogP contribution in [-0.2, 0) is 17.6 Å². The number of carbonyl (C=O) groups is 1. The number of aliphatic carboxylic acids is 1. The first-order valence-electron chi connectivity index (χ1n) is 11.4. The average molecular weight is 507 g/mol. The number of hydrogen-bond donors (Lipinski definition) is 2. The van der Waals surface area contributed by atoms with E-state index in [-0.39, 0.29) is 18.3 Å². The molecule has 2 heterocycles. The molecule has 1 aliphatic heterocycles. The number of aromatic amines is 1. The molecule has 2 aromatic carbocycles. The Bertz CT molecular complexity index is 1130. The molecular formula is C25H26ClF3N4O2. The van der Waals surface area contributed by atoms with Gasteiger partial charge < -0.3 is 5.11 Å². The molecule has 186 valence electrons. The van der Waals surface area contributed by atoms with Crippen molar-refractivity contribution in [2.24, 2.45) is 11.8 Å². The summed E-state index contributed by atoms with van der Waals surface area (Å²) in [5, 5.41) is 20.6. The SMILES string of the molecule is O=C(O)[C@@H](C[C@H](CCc1cn[nH]n1)Cc1ccc(-c2cc(Cl)ccc2F)cc1)CN1CC(F)(F)C1. The number of halogens is 4. The summed E-state index contributed by atoms with van der Waals surface area (Å²) in [7, 11) is 0. The molecule has 0 radical (unpaired) electrons. The molecule has 4 rings (SSSR count). The molecular weight excluding hydrogens is 481 g/mol. The Morgan fingerprint density at radius 2 is 1.94 bits per heavy atom. The van der Waals surface area contributed by atoms with E-state index < -0.39 is 30.9 Å². The van der Waals surface area contributed by atoms with Crippen LogP contribution in [0.1, 0.15) is 24.1 Å². The van der Waals surface area contributed by atoms with Crippen molar-refractivity contribution in [1.29, 1.82) is 0 Å². The summed E-state index contributed by atoms with van der Waals surface area (Å²) in [5.41, 5.74) is 2.84. The van der Waals surface area contributed by atoms with Crippen molar-refractivity contribution < 1.29 is 23.1 Å². The second-order valence-electron chi connectivity index (χ2n) is 9.19. The van der Waals surface area contributed by atoms with Crippen molar-refractivity contribution in [3.8, 4) is 11.1 Å². The van der Waals surface area contributed by atoms with Gasteiger partial charge in [-0.25, -0.2) is 13.2 Å². The minimum atomic E-state index is -2.74. The fourth-order valence-electron chi connectivity index (χ4n) is 4.58. The summed E-state index contributed by atoms with van der Waals surface area (Å²) in [4.78, 5) is 13.4. The minimum Gasteiger partial charge on any atom is -0.481 e.